The molecule has 1 fully saturated rings. The molecule has 1 saturated carbocycles. The first-order valence-corrected chi connectivity index (χ1v) is 6.81. The molecule has 0 atom stereocenters. The molecule has 3 rings (SSSR count). The van der Waals surface area contributed by atoms with Gasteiger partial charge in [-0.25, -0.2) is 0 Å². The minimum absolute atomic E-state index is 0.0379. The first-order valence-electron chi connectivity index (χ1n) is 6.81. The maximum absolute atomic E-state index is 11.8. The van der Waals surface area contributed by atoms with E-state index in [1.165, 1.54) is 12.3 Å². The van der Waals surface area contributed by atoms with Gasteiger partial charge in [-0.3, -0.25) is 9.59 Å². The second-order valence-electron chi connectivity index (χ2n) is 5.05. The van der Waals surface area contributed by atoms with Crippen molar-refractivity contribution in [1.29, 1.82) is 0 Å². The largest absolute Gasteiger partial charge is 0.353 e. The number of amides is 2. The summed E-state index contributed by atoms with van der Waals surface area (Å²) in [5.41, 5.74) is 1.55. The number of nitrogens with zero attached hydrogens (tertiary/aromatic N) is 1. The molecule has 1 heterocycles. The molecule has 0 radical (unpaired) electrons. The van der Waals surface area contributed by atoms with Gasteiger partial charge in [-0.15, -0.1) is 0 Å². The molecule has 6 heteroatoms. The van der Waals surface area contributed by atoms with Gasteiger partial charge in [0, 0.05) is 17.8 Å². The monoisotopic (exact) mass is 285 g/mol. The van der Waals surface area contributed by atoms with Crippen molar-refractivity contribution in [1.82, 2.24) is 10.5 Å². The summed E-state index contributed by atoms with van der Waals surface area (Å²) in [7, 11) is 0. The zero-order valence-corrected chi connectivity index (χ0v) is 11.3. The molecule has 0 spiro atoms. The Morgan fingerprint density at radius 2 is 1.95 bits per heavy atom. The molecule has 0 bridgehead atoms. The van der Waals surface area contributed by atoms with Crippen LogP contribution in [0.3, 0.4) is 0 Å². The second kappa shape index (κ2) is 5.78. The topological polar surface area (TPSA) is 84.2 Å². The molecule has 2 amide bonds. The minimum atomic E-state index is -0.355. The second-order valence-corrected chi connectivity index (χ2v) is 5.05. The Bertz CT molecular complexity index is 631. The summed E-state index contributed by atoms with van der Waals surface area (Å²) in [5.74, 6) is -0.162. The van der Waals surface area contributed by atoms with Crippen LogP contribution in [-0.4, -0.2) is 23.0 Å². The van der Waals surface area contributed by atoms with E-state index in [0.717, 1.165) is 18.4 Å². The first-order chi connectivity index (χ1) is 10.2. The summed E-state index contributed by atoms with van der Waals surface area (Å²) in [6, 6.07) is 9.02. The number of carbonyl (C=O) groups excluding carboxylic acids is 2. The van der Waals surface area contributed by atoms with Crippen LogP contribution in [0.5, 0.6) is 0 Å². The summed E-state index contributed by atoms with van der Waals surface area (Å²) in [6.07, 6.45) is 3.93. The Hall–Kier alpha value is -2.63. The third kappa shape index (κ3) is 3.68. The standard InChI is InChI=1S/C15H15N3O3/c19-14(17-11-5-6-11)9-10-1-3-12(4-2-10)18-15(20)13-7-8-16-21-13/h1-4,7-8,11H,5-6,9H2,(H,17,19)(H,18,20). The number of nitrogens with one attached hydrogen (secondary N) is 2. The van der Waals surface area contributed by atoms with Crippen molar-refractivity contribution < 1.29 is 14.1 Å². The first kappa shape index (κ1) is 13.4. The molecule has 0 aliphatic heterocycles. The molecule has 108 valence electrons. The number of aromatic nitrogens is 1. The fourth-order valence-electron chi connectivity index (χ4n) is 1.92. The van der Waals surface area contributed by atoms with Crippen LogP contribution in [0.25, 0.3) is 0 Å². The normalized spacial score (nSPS) is 13.7. The fraction of sp³-hybridized carbons (Fsp3) is 0.267. The van der Waals surface area contributed by atoms with Gasteiger partial charge in [0.1, 0.15) is 0 Å². The van der Waals surface area contributed by atoms with Gasteiger partial charge in [-0.05, 0) is 30.5 Å². The van der Waals surface area contributed by atoms with Crippen molar-refractivity contribution in [2.24, 2.45) is 0 Å². The summed E-state index contributed by atoms with van der Waals surface area (Å²) < 4.78 is 4.77. The molecule has 1 aromatic carbocycles. The Morgan fingerprint density at radius 3 is 2.57 bits per heavy atom. The van der Waals surface area contributed by atoms with Gasteiger partial charge in [0.25, 0.3) is 5.91 Å². The van der Waals surface area contributed by atoms with Gasteiger partial charge >= 0.3 is 0 Å². The lowest BCUT2D eigenvalue weighted by molar-refractivity contribution is -0.120. The zero-order valence-electron chi connectivity index (χ0n) is 11.3. The zero-order chi connectivity index (χ0) is 14.7. The van der Waals surface area contributed by atoms with Crippen molar-refractivity contribution in [3.63, 3.8) is 0 Å². The molecule has 21 heavy (non-hydrogen) atoms. The Kier molecular flexibility index (Phi) is 3.68. The van der Waals surface area contributed by atoms with Crippen LogP contribution in [0, 0.1) is 0 Å². The Balaban J connectivity index is 1.56. The van der Waals surface area contributed by atoms with Crippen LogP contribution >= 0.6 is 0 Å². The van der Waals surface area contributed by atoms with E-state index >= 15 is 0 Å². The Morgan fingerprint density at radius 1 is 1.19 bits per heavy atom. The van der Waals surface area contributed by atoms with E-state index in [0.29, 0.717) is 18.2 Å². The van der Waals surface area contributed by atoms with Crippen LogP contribution in [0.2, 0.25) is 0 Å². The van der Waals surface area contributed by atoms with E-state index in [1.807, 2.05) is 12.1 Å². The van der Waals surface area contributed by atoms with E-state index in [-0.39, 0.29) is 17.6 Å². The molecular weight excluding hydrogens is 270 g/mol. The van der Waals surface area contributed by atoms with Crippen LogP contribution in [0.15, 0.2) is 41.1 Å². The van der Waals surface area contributed by atoms with Gasteiger partial charge in [-0.2, -0.15) is 0 Å². The molecule has 0 unspecified atom stereocenters. The highest BCUT2D eigenvalue weighted by atomic mass is 16.5. The van der Waals surface area contributed by atoms with Gasteiger partial charge in [-0.1, -0.05) is 17.3 Å². The third-order valence-electron chi connectivity index (χ3n) is 3.18. The number of rotatable bonds is 5. The van der Waals surface area contributed by atoms with Crippen LogP contribution < -0.4 is 10.6 Å². The van der Waals surface area contributed by atoms with E-state index in [9.17, 15) is 9.59 Å². The van der Waals surface area contributed by atoms with Gasteiger partial charge < -0.3 is 15.2 Å². The fourth-order valence-corrected chi connectivity index (χ4v) is 1.92. The lowest BCUT2D eigenvalue weighted by atomic mass is 10.1. The molecule has 1 aliphatic carbocycles. The highest BCUT2D eigenvalue weighted by Crippen LogP contribution is 2.19. The highest BCUT2D eigenvalue weighted by Gasteiger charge is 2.23. The van der Waals surface area contributed by atoms with Crippen molar-refractivity contribution in [3.8, 4) is 0 Å². The van der Waals surface area contributed by atoms with Gasteiger partial charge in [0.2, 0.25) is 11.7 Å². The predicted octanol–water partition coefficient (Wildman–Crippen LogP) is 1.75. The van der Waals surface area contributed by atoms with Crippen LogP contribution in [-0.2, 0) is 11.2 Å². The molecule has 1 aliphatic rings. The van der Waals surface area contributed by atoms with Crippen LogP contribution in [0.4, 0.5) is 5.69 Å². The minimum Gasteiger partial charge on any atom is -0.353 e. The van der Waals surface area contributed by atoms with Crippen LogP contribution in [0.1, 0.15) is 29.0 Å². The smallest absolute Gasteiger partial charge is 0.294 e. The van der Waals surface area contributed by atoms with E-state index in [1.54, 1.807) is 12.1 Å². The number of hydrogen-bond acceptors (Lipinski definition) is 4. The molecule has 6 nitrogen and oxygen atoms in total. The summed E-state index contributed by atoms with van der Waals surface area (Å²) in [5, 5.41) is 9.11. The van der Waals surface area contributed by atoms with Crippen molar-refractivity contribution in [3.05, 3.63) is 47.9 Å². The molecular formula is C15H15N3O3. The number of anilines is 1. The van der Waals surface area contributed by atoms with Crippen molar-refractivity contribution in [2.75, 3.05) is 5.32 Å². The summed E-state index contributed by atoms with van der Waals surface area (Å²) in [6.45, 7) is 0. The molecule has 2 N–H and O–H groups in total. The lowest BCUT2D eigenvalue weighted by Crippen LogP contribution is -2.26. The number of carbonyl (C=O) groups is 2. The van der Waals surface area contributed by atoms with E-state index < -0.39 is 0 Å². The number of benzene rings is 1. The summed E-state index contributed by atoms with van der Waals surface area (Å²) >= 11 is 0. The molecule has 2 aromatic rings. The van der Waals surface area contributed by atoms with E-state index in [4.69, 9.17) is 4.52 Å². The average Bonchev–Trinajstić information content (AvgIpc) is 3.10. The lowest BCUT2D eigenvalue weighted by Gasteiger charge is -2.06. The van der Waals surface area contributed by atoms with Crippen molar-refractivity contribution >= 4 is 17.5 Å². The van der Waals surface area contributed by atoms with Gasteiger partial charge in [0.15, 0.2) is 0 Å². The average molecular weight is 285 g/mol. The number of hydrogen-bond donors (Lipinski definition) is 2. The maximum atomic E-state index is 11.8. The highest BCUT2D eigenvalue weighted by molar-refractivity contribution is 6.02. The SMILES string of the molecule is O=C(Cc1ccc(NC(=O)c2ccno2)cc1)NC1CC1. The summed E-state index contributed by atoms with van der Waals surface area (Å²) in [4.78, 5) is 23.4. The Labute approximate surface area is 121 Å². The van der Waals surface area contributed by atoms with E-state index in [2.05, 4.69) is 15.8 Å². The van der Waals surface area contributed by atoms with Gasteiger partial charge in [0.05, 0.1) is 12.6 Å². The third-order valence-corrected chi connectivity index (χ3v) is 3.18. The molecule has 0 saturated heterocycles. The quantitative estimate of drug-likeness (QED) is 0.876. The molecule has 1 aromatic heterocycles. The predicted molar refractivity (Wildman–Crippen MR) is 75.8 cm³/mol. The maximum Gasteiger partial charge on any atom is 0.294 e. The van der Waals surface area contributed by atoms with Crippen molar-refractivity contribution in [2.45, 2.75) is 25.3 Å².